The first-order valence-electron chi connectivity index (χ1n) is 7.03. The van der Waals surface area contributed by atoms with Crippen molar-refractivity contribution in [3.8, 4) is 0 Å². The zero-order valence-electron chi connectivity index (χ0n) is 12.3. The molecule has 3 heteroatoms. The molecule has 0 aromatic heterocycles. The van der Waals surface area contributed by atoms with Crippen molar-refractivity contribution in [3.05, 3.63) is 35.4 Å². The van der Waals surface area contributed by atoms with E-state index in [9.17, 15) is 4.79 Å². The first-order valence-corrected chi connectivity index (χ1v) is 7.03. The van der Waals surface area contributed by atoms with Crippen LogP contribution in [0.2, 0.25) is 0 Å². The normalized spacial score (nSPS) is 12.5. The fraction of sp³-hybridized carbons (Fsp3) is 0.562. The number of nitrogens with two attached hydrogens (primary N) is 1. The molecule has 3 nitrogen and oxygen atoms in total. The molecule has 0 saturated carbocycles. The summed E-state index contributed by atoms with van der Waals surface area (Å²) in [7, 11) is 0. The molecule has 106 valence electrons. The topological polar surface area (TPSA) is 55.1 Å². The highest BCUT2D eigenvalue weighted by Crippen LogP contribution is 2.14. The second-order valence-corrected chi connectivity index (χ2v) is 5.70. The molecule has 0 aliphatic rings. The Morgan fingerprint density at radius 2 is 2.11 bits per heavy atom. The van der Waals surface area contributed by atoms with E-state index in [1.54, 1.807) is 0 Å². The average Bonchev–Trinajstić information content (AvgIpc) is 2.35. The SMILES string of the molecule is Cc1cccc(CNC(=O)CC(CN)CC(C)C)c1. The lowest BCUT2D eigenvalue weighted by molar-refractivity contribution is -0.122. The summed E-state index contributed by atoms with van der Waals surface area (Å²) in [6.07, 6.45) is 1.54. The summed E-state index contributed by atoms with van der Waals surface area (Å²) in [5, 5.41) is 2.97. The van der Waals surface area contributed by atoms with Crippen LogP contribution in [0, 0.1) is 18.8 Å². The number of nitrogens with one attached hydrogen (secondary N) is 1. The second-order valence-electron chi connectivity index (χ2n) is 5.70. The maximum Gasteiger partial charge on any atom is 0.220 e. The van der Waals surface area contributed by atoms with Crippen molar-refractivity contribution >= 4 is 5.91 Å². The van der Waals surface area contributed by atoms with E-state index < -0.39 is 0 Å². The Bertz CT molecular complexity index is 401. The molecule has 19 heavy (non-hydrogen) atoms. The third kappa shape index (κ3) is 6.39. The molecule has 0 saturated heterocycles. The van der Waals surface area contributed by atoms with E-state index in [0.717, 1.165) is 12.0 Å². The minimum atomic E-state index is 0.0950. The van der Waals surface area contributed by atoms with Crippen LogP contribution in [0.4, 0.5) is 0 Å². The van der Waals surface area contributed by atoms with Gasteiger partial charge in [-0.3, -0.25) is 4.79 Å². The number of aryl methyl sites for hydroxylation is 1. The summed E-state index contributed by atoms with van der Waals surface area (Å²) < 4.78 is 0. The fourth-order valence-electron chi connectivity index (χ4n) is 2.29. The molecular weight excluding hydrogens is 236 g/mol. The lowest BCUT2D eigenvalue weighted by Crippen LogP contribution is -2.28. The highest BCUT2D eigenvalue weighted by molar-refractivity contribution is 5.76. The largest absolute Gasteiger partial charge is 0.352 e. The number of hydrogen-bond acceptors (Lipinski definition) is 2. The molecule has 3 N–H and O–H groups in total. The number of benzene rings is 1. The molecule has 1 atom stereocenters. The molecule has 1 aromatic rings. The molecule has 0 heterocycles. The quantitative estimate of drug-likeness (QED) is 0.793. The van der Waals surface area contributed by atoms with Gasteiger partial charge in [-0.05, 0) is 37.3 Å². The predicted octanol–water partition coefficient (Wildman–Crippen LogP) is 2.62. The molecule has 0 spiro atoms. The maximum absolute atomic E-state index is 11.9. The number of carbonyl (C=O) groups excluding carboxylic acids is 1. The van der Waals surface area contributed by atoms with Crippen LogP contribution in [0.25, 0.3) is 0 Å². The Kier molecular flexibility index (Phi) is 6.57. The smallest absolute Gasteiger partial charge is 0.220 e. The first kappa shape index (κ1) is 15.7. The van der Waals surface area contributed by atoms with Crippen molar-refractivity contribution in [1.82, 2.24) is 5.32 Å². The van der Waals surface area contributed by atoms with Gasteiger partial charge in [0.1, 0.15) is 0 Å². The van der Waals surface area contributed by atoms with Gasteiger partial charge in [-0.2, -0.15) is 0 Å². The lowest BCUT2D eigenvalue weighted by Gasteiger charge is -2.16. The van der Waals surface area contributed by atoms with Gasteiger partial charge in [-0.15, -0.1) is 0 Å². The Balaban J connectivity index is 2.38. The molecule has 0 radical (unpaired) electrons. The zero-order valence-corrected chi connectivity index (χ0v) is 12.3. The Hall–Kier alpha value is -1.35. The molecule has 1 rings (SSSR count). The van der Waals surface area contributed by atoms with Crippen LogP contribution in [-0.4, -0.2) is 12.5 Å². The van der Waals surface area contributed by atoms with Gasteiger partial charge in [0.2, 0.25) is 5.91 Å². The van der Waals surface area contributed by atoms with Crippen LogP contribution in [0.1, 0.15) is 37.8 Å². The van der Waals surface area contributed by atoms with Gasteiger partial charge in [-0.1, -0.05) is 43.7 Å². The van der Waals surface area contributed by atoms with Crippen LogP contribution >= 0.6 is 0 Å². The molecule has 0 aliphatic heterocycles. The van der Waals surface area contributed by atoms with E-state index in [4.69, 9.17) is 5.73 Å². The molecule has 1 aromatic carbocycles. The zero-order chi connectivity index (χ0) is 14.3. The minimum Gasteiger partial charge on any atom is -0.352 e. The Labute approximate surface area is 116 Å². The van der Waals surface area contributed by atoms with E-state index in [1.165, 1.54) is 5.56 Å². The average molecular weight is 262 g/mol. The van der Waals surface area contributed by atoms with E-state index in [0.29, 0.717) is 25.4 Å². The van der Waals surface area contributed by atoms with Crippen LogP contribution in [-0.2, 0) is 11.3 Å². The third-order valence-electron chi connectivity index (χ3n) is 3.18. The number of amides is 1. The van der Waals surface area contributed by atoms with Crippen molar-refractivity contribution in [2.75, 3.05) is 6.54 Å². The molecule has 1 amide bonds. The molecule has 0 aliphatic carbocycles. The van der Waals surface area contributed by atoms with E-state index in [2.05, 4.69) is 38.2 Å². The van der Waals surface area contributed by atoms with Gasteiger partial charge in [-0.25, -0.2) is 0 Å². The van der Waals surface area contributed by atoms with Crippen LogP contribution in [0.3, 0.4) is 0 Å². The van der Waals surface area contributed by atoms with Crippen molar-refractivity contribution in [2.24, 2.45) is 17.6 Å². The van der Waals surface area contributed by atoms with Crippen molar-refractivity contribution in [1.29, 1.82) is 0 Å². The Morgan fingerprint density at radius 1 is 1.37 bits per heavy atom. The first-order chi connectivity index (χ1) is 9.01. The van der Waals surface area contributed by atoms with Crippen LogP contribution in [0.5, 0.6) is 0 Å². The van der Waals surface area contributed by atoms with E-state index in [1.807, 2.05) is 12.1 Å². The summed E-state index contributed by atoms with van der Waals surface area (Å²) in [4.78, 5) is 11.9. The lowest BCUT2D eigenvalue weighted by atomic mass is 9.94. The van der Waals surface area contributed by atoms with Gasteiger partial charge < -0.3 is 11.1 Å². The number of carbonyl (C=O) groups is 1. The maximum atomic E-state index is 11.9. The standard InChI is InChI=1S/C16H26N2O/c1-12(2)7-15(10-17)9-16(19)18-11-14-6-4-5-13(3)8-14/h4-6,8,12,15H,7,9-11,17H2,1-3H3,(H,18,19). The van der Waals surface area contributed by atoms with Crippen molar-refractivity contribution in [2.45, 2.75) is 40.2 Å². The molecule has 0 bridgehead atoms. The highest BCUT2D eigenvalue weighted by Gasteiger charge is 2.13. The van der Waals surface area contributed by atoms with Crippen LogP contribution < -0.4 is 11.1 Å². The monoisotopic (exact) mass is 262 g/mol. The predicted molar refractivity (Wildman–Crippen MR) is 79.6 cm³/mol. The summed E-state index contributed by atoms with van der Waals surface area (Å²) in [6, 6.07) is 8.19. The Morgan fingerprint density at radius 3 is 2.68 bits per heavy atom. The minimum absolute atomic E-state index is 0.0950. The molecular formula is C16H26N2O. The van der Waals surface area contributed by atoms with E-state index >= 15 is 0 Å². The van der Waals surface area contributed by atoms with Crippen molar-refractivity contribution in [3.63, 3.8) is 0 Å². The molecule has 0 fully saturated rings. The van der Waals surface area contributed by atoms with Gasteiger partial charge in [0.25, 0.3) is 0 Å². The summed E-state index contributed by atoms with van der Waals surface area (Å²) in [5.41, 5.74) is 8.07. The summed E-state index contributed by atoms with van der Waals surface area (Å²) in [6.45, 7) is 7.55. The second kappa shape index (κ2) is 7.95. The van der Waals surface area contributed by atoms with Gasteiger partial charge in [0, 0.05) is 13.0 Å². The van der Waals surface area contributed by atoms with Gasteiger partial charge in [0.05, 0.1) is 0 Å². The van der Waals surface area contributed by atoms with Crippen LogP contribution in [0.15, 0.2) is 24.3 Å². The number of rotatable bonds is 7. The molecule has 1 unspecified atom stereocenters. The van der Waals surface area contributed by atoms with E-state index in [-0.39, 0.29) is 11.8 Å². The fourth-order valence-corrected chi connectivity index (χ4v) is 2.29. The number of hydrogen-bond donors (Lipinski definition) is 2. The van der Waals surface area contributed by atoms with Crippen molar-refractivity contribution < 1.29 is 4.79 Å². The summed E-state index contributed by atoms with van der Waals surface area (Å²) in [5.74, 6) is 0.966. The van der Waals surface area contributed by atoms with Gasteiger partial charge >= 0.3 is 0 Å². The van der Waals surface area contributed by atoms with Gasteiger partial charge in [0.15, 0.2) is 0 Å². The summed E-state index contributed by atoms with van der Waals surface area (Å²) >= 11 is 0. The third-order valence-corrected chi connectivity index (χ3v) is 3.18. The highest BCUT2D eigenvalue weighted by atomic mass is 16.1.